The Morgan fingerprint density at radius 3 is 2.11 bits per heavy atom. The van der Waals surface area contributed by atoms with E-state index in [0.29, 0.717) is 19.9 Å². The van der Waals surface area contributed by atoms with Crippen LogP contribution in [0.25, 0.3) is 11.1 Å². The normalized spacial score (nSPS) is 14.9. The van der Waals surface area contributed by atoms with Crippen molar-refractivity contribution < 1.29 is 45.8 Å². The summed E-state index contributed by atoms with van der Waals surface area (Å²) in [7, 11) is 0. The number of amides is 3. The number of primary amides is 1. The third kappa shape index (κ3) is 6.33. The zero-order valence-corrected chi connectivity index (χ0v) is 18.9. The molecule has 1 aliphatic heterocycles. The van der Waals surface area contributed by atoms with Crippen molar-refractivity contribution in [2.75, 3.05) is 24.6 Å². The molecule has 3 rings (SSSR count). The topological polar surface area (TPSA) is 113 Å². The summed E-state index contributed by atoms with van der Waals surface area (Å²) in [5.41, 5.74) is 5.13. The van der Waals surface area contributed by atoms with Crippen LogP contribution in [0.5, 0.6) is 0 Å². The molecule has 1 aliphatic rings. The van der Waals surface area contributed by atoms with Crippen LogP contribution in [0.3, 0.4) is 0 Å². The van der Waals surface area contributed by atoms with Crippen LogP contribution in [0, 0.1) is 0 Å². The first kappa shape index (κ1) is 28.6. The Balaban J connectivity index is 0.000000256. The van der Waals surface area contributed by atoms with Gasteiger partial charge >= 0.3 is 12.1 Å². The Morgan fingerprint density at radius 1 is 1.00 bits per heavy atom. The van der Waals surface area contributed by atoms with Gasteiger partial charge in [-0.2, -0.15) is 22.0 Å². The average Bonchev–Trinajstić information content (AvgIpc) is 2.92. The van der Waals surface area contributed by atoms with Crippen molar-refractivity contribution in [1.29, 1.82) is 0 Å². The van der Waals surface area contributed by atoms with Gasteiger partial charge in [-0.05, 0) is 24.1 Å². The van der Waals surface area contributed by atoms with Crippen molar-refractivity contribution in [1.82, 2.24) is 5.32 Å². The van der Waals surface area contributed by atoms with Crippen LogP contribution < -0.4 is 16.0 Å². The lowest BCUT2D eigenvalue weighted by Crippen LogP contribution is -2.54. The molecule has 4 N–H and O–H groups in total. The summed E-state index contributed by atoms with van der Waals surface area (Å²) in [6, 6.07) is 15.8. The summed E-state index contributed by atoms with van der Waals surface area (Å²) in [5, 5.41) is 10.1. The molecular weight excluding hydrogens is 496 g/mol. The molecule has 3 amide bonds. The molecule has 0 fully saturated rings. The van der Waals surface area contributed by atoms with Crippen LogP contribution in [0.2, 0.25) is 0 Å². The number of nitrogens with zero attached hydrogens (tertiary/aromatic N) is 1. The van der Waals surface area contributed by atoms with Gasteiger partial charge in [-0.3, -0.25) is 14.4 Å². The number of rotatable bonds is 6. The number of nitrogens with two attached hydrogens (primary N) is 1. The second-order valence-corrected chi connectivity index (χ2v) is 7.87. The molecule has 2 aromatic carbocycles. The molecule has 0 saturated carbocycles. The number of alkyl halides is 6. The Labute approximate surface area is 201 Å². The van der Waals surface area contributed by atoms with Crippen molar-refractivity contribution in [3.8, 4) is 11.1 Å². The number of anilines is 1. The number of benzene rings is 2. The Hall–Kier alpha value is -3.61. The Morgan fingerprint density at radius 2 is 1.56 bits per heavy atom. The van der Waals surface area contributed by atoms with E-state index in [1.807, 2.05) is 48.5 Å². The number of para-hydroxylation sites is 1. The number of nitrogens with one attached hydrogen (secondary N) is 1. The second kappa shape index (κ2) is 11.0. The number of carbonyl (C=O) groups is 3. The van der Waals surface area contributed by atoms with Crippen molar-refractivity contribution in [3.05, 3.63) is 54.1 Å². The molecule has 0 aromatic heterocycles. The highest BCUT2D eigenvalue weighted by Gasteiger charge is 2.58. The molecule has 196 valence electrons. The van der Waals surface area contributed by atoms with E-state index in [1.165, 1.54) is 0 Å². The molecule has 0 saturated heterocycles. The van der Waals surface area contributed by atoms with E-state index in [1.54, 1.807) is 4.90 Å². The zero-order chi connectivity index (χ0) is 27.3. The molecule has 0 bridgehead atoms. The molecule has 7 nitrogen and oxygen atoms in total. The maximum Gasteiger partial charge on any atom is 0.455 e. The van der Waals surface area contributed by atoms with E-state index >= 15 is 0 Å². The minimum absolute atomic E-state index is 0.0313. The number of hydrogen-bond donors (Lipinski definition) is 3. The standard InChI is InChI=1S/C16H15NO2.C7H8F6N2O2/c18-10-9-17-15-8-4-3-7-14(15)13-6-2-1-5-12(13)11-16(17)19;1-5(8,3(14)16)4(17)15-2-6(9,10)7(11,12)13/h1-8,18H,9-11H2;2H2,1H3,(H2,14,16)(H,15,17). The quantitative estimate of drug-likeness (QED) is 0.403. The average molecular weight is 519 g/mol. The molecule has 36 heavy (non-hydrogen) atoms. The van der Waals surface area contributed by atoms with Gasteiger partial charge in [-0.15, -0.1) is 0 Å². The molecule has 1 atom stereocenters. The van der Waals surface area contributed by atoms with Gasteiger partial charge in [0.15, 0.2) is 0 Å². The van der Waals surface area contributed by atoms with E-state index in [9.17, 15) is 45.8 Å². The van der Waals surface area contributed by atoms with Gasteiger partial charge in [-0.1, -0.05) is 42.5 Å². The van der Waals surface area contributed by atoms with E-state index in [4.69, 9.17) is 0 Å². The number of hydrogen-bond acceptors (Lipinski definition) is 4. The second-order valence-electron chi connectivity index (χ2n) is 7.87. The minimum Gasteiger partial charge on any atom is -0.395 e. The van der Waals surface area contributed by atoms with Gasteiger partial charge in [0.2, 0.25) is 5.91 Å². The van der Waals surface area contributed by atoms with Gasteiger partial charge in [0, 0.05) is 12.1 Å². The molecule has 0 radical (unpaired) electrons. The third-order valence-electron chi connectivity index (χ3n) is 5.24. The Kier molecular flexibility index (Phi) is 8.73. The third-order valence-corrected chi connectivity index (χ3v) is 5.24. The fourth-order valence-corrected chi connectivity index (χ4v) is 3.18. The lowest BCUT2D eigenvalue weighted by molar-refractivity contribution is -0.278. The molecule has 0 spiro atoms. The molecule has 0 aliphatic carbocycles. The predicted molar refractivity (Wildman–Crippen MR) is 118 cm³/mol. The first-order chi connectivity index (χ1) is 16.6. The zero-order valence-electron chi connectivity index (χ0n) is 18.9. The number of β-amino-alcohol motifs (C(OH)–C–C–N with tert-alkyl or cyclic N) is 1. The van der Waals surface area contributed by atoms with Gasteiger partial charge in [0.25, 0.3) is 17.5 Å². The number of aliphatic hydroxyl groups is 1. The highest BCUT2D eigenvalue weighted by atomic mass is 19.4. The molecule has 2 aromatic rings. The summed E-state index contributed by atoms with van der Waals surface area (Å²) in [6.45, 7) is -1.53. The van der Waals surface area contributed by atoms with Crippen molar-refractivity contribution in [2.45, 2.75) is 31.1 Å². The first-order valence-corrected chi connectivity index (χ1v) is 10.4. The van der Waals surface area contributed by atoms with Crippen LogP contribution in [0.15, 0.2) is 48.5 Å². The monoisotopic (exact) mass is 519 g/mol. The summed E-state index contributed by atoms with van der Waals surface area (Å²) in [6.07, 6.45) is -5.51. The van der Waals surface area contributed by atoms with Crippen molar-refractivity contribution in [2.24, 2.45) is 5.73 Å². The molecule has 1 heterocycles. The first-order valence-electron chi connectivity index (χ1n) is 10.4. The van der Waals surface area contributed by atoms with E-state index < -0.39 is 36.1 Å². The van der Waals surface area contributed by atoms with E-state index in [-0.39, 0.29) is 12.5 Å². The molecule has 13 heteroatoms. The maximum absolute atomic E-state index is 13.1. The highest BCUT2D eigenvalue weighted by molar-refractivity contribution is 6.07. The minimum atomic E-state index is -5.89. The summed E-state index contributed by atoms with van der Waals surface area (Å²) >= 11 is 0. The number of fused-ring (bicyclic) bond motifs is 3. The van der Waals surface area contributed by atoms with Gasteiger partial charge in [-0.25, -0.2) is 4.39 Å². The van der Waals surface area contributed by atoms with Crippen molar-refractivity contribution in [3.63, 3.8) is 0 Å². The summed E-state index contributed by atoms with van der Waals surface area (Å²) in [5.74, 6) is -8.96. The lowest BCUT2D eigenvalue weighted by Gasteiger charge is -2.22. The lowest BCUT2D eigenvalue weighted by atomic mass is 9.98. The van der Waals surface area contributed by atoms with Crippen molar-refractivity contribution >= 4 is 23.4 Å². The molecular formula is C23H23F6N3O4. The van der Waals surface area contributed by atoms with Crippen LogP contribution in [-0.4, -0.2) is 60.3 Å². The maximum atomic E-state index is 13.1. The molecule has 1 unspecified atom stereocenters. The highest BCUT2D eigenvalue weighted by Crippen LogP contribution is 2.36. The largest absolute Gasteiger partial charge is 0.455 e. The van der Waals surface area contributed by atoms with Crippen LogP contribution >= 0.6 is 0 Å². The summed E-state index contributed by atoms with van der Waals surface area (Å²) < 4.78 is 72.6. The fourth-order valence-electron chi connectivity index (χ4n) is 3.18. The summed E-state index contributed by atoms with van der Waals surface area (Å²) in [4.78, 5) is 35.2. The smallest absolute Gasteiger partial charge is 0.395 e. The van der Waals surface area contributed by atoms with E-state index in [2.05, 4.69) is 5.73 Å². The van der Waals surface area contributed by atoms with Gasteiger partial charge < -0.3 is 21.1 Å². The van der Waals surface area contributed by atoms with E-state index in [0.717, 1.165) is 27.7 Å². The fraction of sp³-hybridized carbons (Fsp3) is 0.348. The van der Waals surface area contributed by atoms with Gasteiger partial charge in [0.05, 0.1) is 25.3 Å². The predicted octanol–water partition coefficient (Wildman–Crippen LogP) is 2.75. The Bertz CT molecular complexity index is 1120. The number of carbonyl (C=O) groups excluding carboxylic acids is 3. The van der Waals surface area contributed by atoms with Crippen LogP contribution in [-0.2, 0) is 20.8 Å². The SMILES string of the molecule is CC(F)(C(N)=O)C(=O)NCC(F)(F)C(F)(F)F.O=C1Cc2ccccc2-c2ccccc2N1CCO. The number of halogens is 6. The van der Waals surface area contributed by atoms with Gasteiger partial charge in [0.1, 0.15) is 0 Å². The van der Waals surface area contributed by atoms with Crippen LogP contribution in [0.4, 0.5) is 32.0 Å². The number of aliphatic hydroxyl groups excluding tert-OH is 1. The van der Waals surface area contributed by atoms with Crippen LogP contribution in [0.1, 0.15) is 12.5 Å².